The fraction of sp³-hybridized carbons (Fsp3) is 0.429. The summed E-state index contributed by atoms with van der Waals surface area (Å²) in [6, 6.07) is 5.51. The number of rotatable bonds is 6. The lowest BCUT2D eigenvalue weighted by atomic mass is 10.1. The van der Waals surface area contributed by atoms with Crippen molar-refractivity contribution in [2.75, 3.05) is 6.54 Å². The van der Waals surface area contributed by atoms with Gasteiger partial charge in [0.2, 0.25) is 0 Å². The molecule has 1 aromatic carbocycles. The Morgan fingerprint density at radius 1 is 1.24 bits per heavy atom. The van der Waals surface area contributed by atoms with Gasteiger partial charge in [0.15, 0.2) is 0 Å². The molecule has 0 aliphatic carbocycles. The highest BCUT2D eigenvalue weighted by molar-refractivity contribution is 5.29. The summed E-state index contributed by atoms with van der Waals surface area (Å²) >= 11 is 0. The zero-order valence-corrected chi connectivity index (χ0v) is 11.7. The molecule has 0 aliphatic rings. The Kier molecular flexibility index (Phi) is 4.95. The highest BCUT2D eigenvalue weighted by Gasteiger charge is 2.32. The van der Waals surface area contributed by atoms with Crippen LogP contribution in [0.4, 0.5) is 13.2 Å². The number of benzene rings is 1. The molecule has 0 atom stereocenters. The highest BCUT2D eigenvalue weighted by Crippen LogP contribution is 2.32. The monoisotopic (exact) mass is 298 g/mol. The molecule has 0 spiro atoms. The summed E-state index contributed by atoms with van der Waals surface area (Å²) in [5.74, 6) is 0. The van der Waals surface area contributed by atoms with Crippen LogP contribution in [-0.4, -0.2) is 21.5 Å². The topological polar surface area (TPSA) is 42.7 Å². The lowest BCUT2D eigenvalue weighted by Crippen LogP contribution is -2.14. The van der Waals surface area contributed by atoms with Crippen LogP contribution in [0.3, 0.4) is 0 Å². The van der Waals surface area contributed by atoms with Crippen LogP contribution >= 0.6 is 0 Å². The molecule has 2 rings (SSSR count). The van der Waals surface area contributed by atoms with Crippen molar-refractivity contribution in [2.24, 2.45) is 0 Å². The molecule has 0 radical (unpaired) electrons. The van der Waals surface area contributed by atoms with Crippen molar-refractivity contribution in [1.82, 2.24) is 20.3 Å². The van der Waals surface area contributed by atoms with Gasteiger partial charge in [-0.3, -0.25) is 0 Å². The molecule has 1 aromatic heterocycles. The Hall–Kier alpha value is -1.89. The van der Waals surface area contributed by atoms with Gasteiger partial charge in [-0.2, -0.15) is 13.2 Å². The van der Waals surface area contributed by atoms with Gasteiger partial charge in [-0.15, -0.1) is 5.10 Å². The maximum atomic E-state index is 12.9. The van der Waals surface area contributed by atoms with E-state index < -0.39 is 11.7 Å². The SMILES string of the molecule is CCCNCc1cn(Cc2ccccc2C(F)(F)F)nn1. The molecule has 2 aromatic rings. The Morgan fingerprint density at radius 2 is 2.00 bits per heavy atom. The molecule has 0 unspecified atom stereocenters. The first-order chi connectivity index (χ1) is 10.0. The van der Waals surface area contributed by atoms with Crippen molar-refractivity contribution in [1.29, 1.82) is 0 Å². The largest absolute Gasteiger partial charge is 0.416 e. The van der Waals surface area contributed by atoms with E-state index >= 15 is 0 Å². The van der Waals surface area contributed by atoms with Crippen LogP contribution in [0.25, 0.3) is 0 Å². The van der Waals surface area contributed by atoms with E-state index in [-0.39, 0.29) is 12.1 Å². The second kappa shape index (κ2) is 6.71. The molecule has 1 heterocycles. The molecule has 0 fully saturated rings. The molecule has 21 heavy (non-hydrogen) atoms. The maximum absolute atomic E-state index is 12.9. The first-order valence-corrected chi connectivity index (χ1v) is 6.75. The van der Waals surface area contributed by atoms with Gasteiger partial charge in [0.25, 0.3) is 0 Å². The van der Waals surface area contributed by atoms with E-state index in [1.807, 2.05) is 0 Å². The third-order valence-electron chi connectivity index (χ3n) is 2.97. The zero-order chi connectivity index (χ0) is 15.3. The van der Waals surface area contributed by atoms with E-state index in [9.17, 15) is 13.2 Å². The second-order valence-electron chi connectivity index (χ2n) is 4.74. The third-order valence-corrected chi connectivity index (χ3v) is 2.97. The smallest absolute Gasteiger partial charge is 0.311 e. The fourth-order valence-corrected chi connectivity index (χ4v) is 2.00. The minimum absolute atomic E-state index is 0.0520. The van der Waals surface area contributed by atoms with Crippen LogP contribution in [0, 0.1) is 0 Å². The summed E-state index contributed by atoms with van der Waals surface area (Å²) in [6.07, 6.45) is -1.69. The molecule has 1 N–H and O–H groups in total. The van der Waals surface area contributed by atoms with Gasteiger partial charge in [-0.1, -0.05) is 30.3 Å². The number of nitrogens with one attached hydrogen (secondary N) is 1. The maximum Gasteiger partial charge on any atom is 0.416 e. The van der Waals surface area contributed by atoms with Crippen LogP contribution in [0.2, 0.25) is 0 Å². The Balaban J connectivity index is 2.09. The molecule has 0 saturated heterocycles. The summed E-state index contributed by atoms with van der Waals surface area (Å²) in [5, 5.41) is 11.0. The number of halogens is 3. The van der Waals surface area contributed by atoms with Gasteiger partial charge < -0.3 is 5.32 Å². The van der Waals surface area contributed by atoms with Gasteiger partial charge in [0, 0.05) is 6.54 Å². The van der Waals surface area contributed by atoms with Gasteiger partial charge in [-0.05, 0) is 24.6 Å². The number of nitrogens with zero attached hydrogens (tertiary/aromatic N) is 3. The quantitative estimate of drug-likeness (QED) is 0.834. The first kappa shape index (κ1) is 15.5. The predicted octanol–water partition coefficient (Wildman–Crippen LogP) is 2.84. The minimum Gasteiger partial charge on any atom is -0.311 e. The third kappa shape index (κ3) is 4.29. The summed E-state index contributed by atoms with van der Waals surface area (Å²) in [7, 11) is 0. The zero-order valence-electron chi connectivity index (χ0n) is 11.7. The van der Waals surface area contributed by atoms with E-state index in [1.165, 1.54) is 16.8 Å². The van der Waals surface area contributed by atoms with Crippen molar-refractivity contribution < 1.29 is 13.2 Å². The minimum atomic E-state index is -4.36. The Morgan fingerprint density at radius 3 is 2.71 bits per heavy atom. The Bertz CT molecular complexity index is 578. The van der Waals surface area contributed by atoms with Gasteiger partial charge in [0.1, 0.15) is 0 Å². The molecule has 0 bridgehead atoms. The van der Waals surface area contributed by atoms with Gasteiger partial charge >= 0.3 is 6.18 Å². The van der Waals surface area contributed by atoms with Crippen molar-refractivity contribution in [3.63, 3.8) is 0 Å². The van der Waals surface area contributed by atoms with E-state index in [0.29, 0.717) is 12.2 Å². The van der Waals surface area contributed by atoms with E-state index in [2.05, 4.69) is 22.6 Å². The van der Waals surface area contributed by atoms with Crippen LogP contribution in [-0.2, 0) is 19.3 Å². The van der Waals surface area contributed by atoms with E-state index in [0.717, 1.165) is 19.0 Å². The normalized spacial score (nSPS) is 11.8. The Labute approximate surface area is 121 Å². The average molecular weight is 298 g/mol. The van der Waals surface area contributed by atoms with Crippen LogP contribution in [0.15, 0.2) is 30.5 Å². The molecular formula is C14H17F3N4. The van der Waals surface area contributed by atoms with E-state index in [4.69, 9.17) is 0 Å². The number of alkyl halides is 3. The average Bonchev–Trinajstić information content (AvgIpc) is 2.86. The summed E-state index contributed by atoms with van der Waals surface area (Å²) in [6.45, 7) is 3.53. The van der Waals surface area contributed by atoms with Gasteiger partial charge in [-0.25, -0.2) is 4.68 Å². The highest BCUT2D eigenvalue weighted by atomic mass is 19.4. The standard InChI is InChI=1S/C14H17F3N4/c1-2-7-18-8-12-10-21(20-19-12)9-11-5-3-4-6-13(11)14(15,16)17/h3-6,10,18H,2,7-9H2,1H3. The lowest BCUT2D eigenvalue weighted by Gasteiger charge is -2.12. The summed E-state index contributed by atoms with van der Waals surface area (Å²) < 4.78 is 40.1. The van der Waals surface area contributed by atoms with Gasteiger partial charge in [0.05, 0.1) is 24.0 Å². The summed E-state index contributed by atoms with van der Waals surface area (Å²) in [5.41, 5.74) is 0.266. The van der Waals surface area contributed by atoms with Crippen molar-refractivity contribution in [2.45, 2.75) is 32.6 Å². The lowest BCUT2D eigenvalue weighted by molar-refractivity contribution is -0.138. The number of aromatic nitrogens is 3. The molecule has 0 amide bonds. The second-order valence-corrected chi connectivity index (χ2v) is 4.74. The van der Waals surface area contributed by atoms with Crippen LogP contribution < -0.4 is 5.32 Å². The molecular weight excluding hydrogens is 281 g/mol. The summed E-state index contributed by atoms with van der Waals surface area (Å²) in [4.78, 5) is 0. The molecule has 114 valence electrons. The van der Waals surface area contributed by atoms with Crippen molar-refractivity contribution in [3.8, 4) is 0 Å². The fourth-order valence-electron chi connectivity index (χ4n) is 2.00. The van der Waals surface area contributed by atoms with Crippen molar-refractivity contribution >= 4 is 0 Å². The molecule has 7 heteroatoms. The number of hydrogen-bond donors (Lipinski definition) is 1. The van der Waals surface area contributed by atoms with Crippen LogP contribution in [0.5, 0.6) is 0 Å². The molecule has 0 aliphatic heterocycles. The van der Waals surface area contributed by atoms with Crippen LogP contribution in [0.1, 0.15) is 30.2 Å². The first-order valence-electron chi connectivity index (χ1n) is 6.75. The molecule has 4 nitrogen and oxygen atoms in total. The van der Waals surface area contributed by atoms with E-state index in [1.54, 1.807) is 12.3 Å². The van der Waals surface area contributed by atoms with Crippen molar-refractivity contribution in [3.05, 3.63) is 47.3 Å². The predicted molar refractivity (Wildman–Crippen MR) is 72.6 cm³/mol. The number of hydrogen-bond acceptors (Lipinski definition) is 3. The molecule has 0 saturated carbocycles.